The number of aliphatic imine (C=N–C) groups is 1. The van der Waals surface area contributed by atoms with Crippen LogP contribution in [-0.4, -0.2) is 24.0 Å². The summed E-state index contributed by atoms with van der Waals surface area (Å²) < 4.78 is 0. The van der Waals surface area contributed by atoms with Gasteiger partial charge in [-0.15, -0.1) is 24.0 Å². The van der Waals surface area contributed by atoms with Crippen molar-refractivity contribution in [3.05, 3.63) is 70.9 Å². The minimum atomic E-state index is 0. The number of fused-ring (bicyclic) bond motifs is 1. The smallest absolute Gasteiger partial charge is 0.191 e. The summed E-state index contributed by atoms with van der Waals surface area (Å²) in [5.41, 5.74) is 5.48. The van der Waals surface area contributed by atoms with Gasteiger partial charge in [-0.2, -0.15) is 5.26 Å². The second kappa shape index (κ2) is 10.7. The van der Waals surface area contributed by atoms with Crippen LogP contribution in [0.1, 0.15) is 29.2 Å². The third-order valence-corrected chi connectivity index (χ3v) is 4.50. The summed E-state index contributed by atoms with van der Waals surface area (Å²) in [5.74, 6) is 0.788. The monoisotopic (exact) mass is 487 g/mol. The highest BCUT2D eigenvalue weighted by molar-refractivity contribution is 14.0. The van der Waals surface area contributed by atoms with E-state index in [1.807, 2.05) is 18.2 Å². The number of nitrogens with zero attached hydrogens (tertiary/aromatic N) is 2. The summed E-state index contributed by atoms with van der Waals surface area (Å²) in [7, 11) is 0. The first kappa shape index (κ1) is 21.8. The average Bonchev–Trinajstić information content (AvgIpc) is 3.11. The maximum absolute atomic E-state index is 9.01. The first-order valence-corrected chi connectivity index (χ1v) is 9.28. The molecule has 0 unspecified atom stereocenters. The highest BCUT2D eigenvalue weighted by Gasteiger charge is 2.06. The van der Waals surface area contributed by atoms with Crippen LogP contribution in [0.2, 0.25) is 0 Å². The highest BCUT2D eigenvalue weighted by Crippen LogP contribution is 2.22. The molecule has 2 aromatic carbocycles. The summed E-state index contributed by atoms with van der Waals surface area (Å²) in [6.07, 6.45) is 3.01. The molecule has 1 heterocycles. The topological polar surface area (TPSA) is 76.0 Å². The van der Waals surface area contributed by atoms with Crippen molar-refractivity contribution in [2.24, 2.45) is 4.99 Å². The predicted octanol–water partition coefficient (Wildman–Crippen LogP) is 4.26. The molecule has 0 atom stereocenters. The fourth-order valence-electron chi connectivity index (χ4n) is 3.22. The van der Waals surface area contributed by atoms with Crippen molar-refractivity contribution < 1.29 is 0 Å². The number of hydrogen-bond acceptors (Lipinski definition) is 2. The Balaban J connectivity index is 0.00000280. The van der Waals surface area contributed by atoms with E-state index in [2.05, 4.69) is 64.9 Å². The first-order chi connectivity index (χ1) is 13.2. The van der Waals surface area contributed by atoms with Crippen LogP contribution in [0.3, 0.4) is 0 Å². The van der Waals surface area contributed by atoms with Crippen LogP contribution < -0.4 is 10.6 Å². The molecule has 0 radical (unpaired) electrons. The number of rotatable bonds is 6. The van der Waals surface area contributed by atoms with Crippen LogP contribution in [0.4, 0.5) is 0 Å². The fourth-order valence-corrected chi connectivity index (χ4v) is 3.22. The second-order valence-electron chi connectivity index (χ2n) is 6.50. The number of benzene rings is 2. The van der Waals surface area contributed by atoms with Gasteiger partial charge in [0.1, 0.15) is 0 Å². The zero-order chi connectivity index (χ0) is 19.1. The van der Waals surface area contributed by atoms with E-state index in [0.717, 1.165) is 31.0 Å². The molecule has 146 valence electrons. The quantitative estimate of drug-likeness (QED) is 0.276. The SMILES string of the molecule is CCNC(=NCc1cccc(C#N)c1)NCCc1c[nH]c2cccc(C)c12.I. The lowest BCUT2D eigenvalue weighted by molar-refractivity contribution is 0.801. The van der Waals surface area contributed by atoms with Gasteiger partial charge in [0.15, 0.2) is 5.96 Å². The van der Waals surface area contributed by atoms with Crippen LogP contribution >= 0.6 is 24.0 Å². The van der Waals surface area contributed by atoms with Crippen LogP contribution in [-0.2, 0) is 13.0 Å². The van der Waals surface area contributed by atoms with E-state index in [9.17, 15) is 0 Å². The highest BCUT2D eigenvalue weighted by atomic mass is 127. The van der Waals surface area contributed by atoms with Crippen molar-refractivity contribution in [2.75, 3.05) is 13.1 Å². The molecular weight excluding hydrogens is 461 g/mol. The molecule has 0 aliphatic carbocycles. The molecule has 0 spiro atoms. The van der Waals surface area contributed by atoms with Crippen LogP contribution in [0.25, 0.3) is 10.9 Å². The van der Waals surface area contributed by atoms with Crippen LogP contribution in [0.15, 0.2) is 53.7 Å². The second-order valence-corrected chi connectivity index (χ2v) is 6.50. The third kappa shape index (κ3) is 5.49. The molecule has 0 aliphatic heterocycles. The van der Waals surface area contributed by atoms with Gasteiger partial charge in [-0.25, -0.2) is 4.99 Å². The van der Waals surface area contributed by atoms with E-state index >= 15 is 0 Å². The Hall–Kier alpha value is -2.53. The van der Waals surface area contributed by atoms with E-state index in [1.165, 1.54) is 22.0 Å². The molecule has 28 heavy (non-hydrogen) atoms. The number of aryl methyl sites for hydroxylation is 1. The van der Waals surface area contributed by atoms with Gasteiger partial charge < -0.3 is 15.6 Å². The predicted molar refractivity (Wildman–Crippen MR) is 126 cm³/mol. The molecule has 0 fully saturated rings. The normalized spacial score (nSPS) is 11.0. The van der Waals surface area contributed by atoms with Crippen molar-refractivity contribution in [3.8, 4) is 6.07 Å². The Morgan fingerprint density at radius 2 is 2.00 bits per heavy atom. The van der Waals surface area contributed by atoms with Crippen LogP contribution in [0.5, 0.6) is 0 Å². The lowest BCUT2D eigenvalue weighted by Crippen LogP contribution is -2.38. The molecule has 0 amide bonds. The molecule has 6 heteroatoms. The Bertz CT molecular complexity index is 984. The van der Waals surface area contributed by atoms with Crippen molar-refractivity contribution in [3.63, 3.8) is 0 Å². The molecule has 0 saturated heterocycles. The zero-order valence-electron chi connectivity index (χ0n) is 16.2. The van der Waals surface area contributed by atoms with Gasteiger partial charge in [-0.05, 0) is 55.2 Å². The summed E-state index contributed by atoms with van der Waals surface area (Å²) in [6, 6.07) is 16.1. The van der Waals surface area contributed by atoms with Crippen molar-refractivity contribution >= 4 is 40.8 Å². The summed E-state index contributed by atoms with van der Waals surface area (Å²) in [4.78, 5) is 7.98. The van der Waals surface area contributed by atoms with E-state index in [1.54, 1.807) is 6.07 Å². The molecule has 0 aliphatic rings. The molecule has 0 saturated carbocycles. The Morgan fingerprint density at radius 3 is 2.79 bits per heavy atom. The molecule has 5 nitrogen and oxygen atoms in total. The van der Waals surface area contributed by atoms with E-state index in [4.69, 9.17) is 5.26 Å². The molecule has 3 aromatic rings. The van der Waals surface area contributed by atoms with Gasteiger partial charge >= 0.3 is 0 Å². The number of hydrogen-bond donors (Lipinski definition) is 3. The van der Waals surface area contributed by atoms with E-state index in [0.29, 0.717) is 12.1 Å². The van der Waals surface area contributed by atoms with Gasteiger partial charge in [-0.1, -0.05) is 24.3 Å². The third-order valence-electron chi connectivity index (χ3n) is 4.50. The average molecular weight is 487 g/mol. The van der Waals surface area contributed by atoms with Crippen molar-refractivity contribution in [1.82, 2.24) is 15.6 Å². The summed E-state index contributed by atoms with van der Waals surface area (Å²) in [5, 5.41) is 17.0. The minimum Gasteiger partial charge on any atom is -0.361 e. The Morgan fingerprint density at radius 1 is 1.18 bits per heavy atom. The number of H-pyrrole nitrogens is 1. The molecule has 3 rings (SSSR count). The maximum Gasteiger partial charge on any atom is 0.191 e. The van der Waals surface area contributed by atoms with Gasteiger partial charge in [0.05, 0.1) is 18.2 Å². The lowest BCUT2D eigenvalue weighted by Gasteiger charge is -2.11. The van der Waals surface area contributed by atoms with Crippen molar-refractivity contribution in [2.45, 2.75) is 26.8 Å². The number of aromatic nitrogens is 1. The minimum absolute atomic E-state index is 0. The number of aromatic amines is 1. The first-order valence-electron chi connectivity index (χ1n) is 9.28. The fraction of sp³-hybridized carbons (Fsp3) is 0.273. The van der Waals surface area contributed by atoms with E-state index in [-0.39, 0.29) is 24.0 Å². The standard InChI is InChI=1S/C22H25N5.HI/c1-3-24-22(27-14-18-8-5-7-17(12-18)13-23)25-11-10-19-15-26-20-9-4-6-16(2)21(19)20;/h4-9,12,15,26H,3,10-11,14H2,1-2H3,(H2,24,25,27);1H. The molecule has 0 bridgehead atoms. The largest absolute Gasteiger partial charge is 0.361 e. The zero-order valence-corrected chi connectivity index (χ0v) is 18.6. The number of guanidine groups is 1. The van der Waals surface area contributed by atoms with Gasteiger partial charge in [0, 0.05) is 30.2 Å². The summed E-state index contributed by atoms with van der Waals surface area (Å²) >= 11 is 0. The number of nitriles is 1. The van der Waals surface area contributed by atoms with Gasteiger partial charge in [0.25, 0.3) is 0 Å². The molecule has 1 aromatic heterocycles. The maximum atomic E-state index is 9.01. The lowest BCUT2D eigenvalue weighted by atomic mass is 10.1. The van der Waals surface area contributed by atoms with Gasteiger partial charge in [0.2, 0.25) is 0 Å². The molecular formula is C22H26IN5. The van der Waals surface area contributed by atoms with Crippen LogP contribution in [0, 0.1) is 18.3 Å². The van der Waals surface area contributed by atoms with Gasteiger partial charge in [-0.3, -0.25) is 0 Å². The summed E-state index contributed by atoms with van der Waals surface area (Å²) in [6.45, 7) is 6.34. The Labute approximate surface area is 183 Å². The molecule has 3 N–H and O–H groups in total. The van der Waals surface area contributed by atoms with Crippen molar-refractivity contribution in [1.29, 1.82) is 5.26 Å². The number of nitrogens with one attached hydrogen (secondary N) is 3. The van der Waals surface area contributed by atoms with E-state index < -0.39 is 0 Å². The number of halogens is 1. The Kier molecular flexibility index (Phi) is 8.33.